The number of ether oxygens (including phenoxy) is 1. The van der Waals surface area contributed by atoms with Gasteiger partial charge in [0.2, 0.25) is 5.91 Å². The van der Waals surface area contributed by atoms with Crippen molar-refractivity contribution in [2.75, 3.05) is 25.0 Å². The van der Waals surface area contributed by atoms with Crippen LogP contribution in [0.5, 0.6) is 5.75 Å². The Hall–Kier alpha value is -1.47. The molecule has 0 aliphatic carbocycles. The molecule has 0 aromatic heterocycles. The van der Waals surface area contributed by atoms with Gasteiger partial charge in [0.25, 0.3) is 0 Å². The number of hydrogen-bond acceptors (Lipinski definition) is 3. The number of benzene rings is 1. The summed E-state index contributed by atoms with van der Waals surface area (Å²) in [5.41, 5.74) is 1.02. The van der Waals surface area contributed by atoms with Crippen LogP contribution < -0.4 is 15.4 Å². The SMILES string of the molecule is Cc1ccc(NC(=O)C2CCNC2)c(OCC(F)(F)F)c1.Cl. The Bertz CT molecular complexity index is 517. The molecule has 1 aliphatic heterocycles. The third-order valence-electron chi connectivity index (χ3n) is 3.22. The second kappa shape index (κ2) is 7.69. The lowest BCUT2D eigenvalue weighted by atomic mass is 10.1. The van der Waals surface area contributed by atoms with Gasteiger partial charge in [-0.2, -0.15) is 13.2 Å². The third-order valence-corrected chi connectivity index (χ3v) is 3.22. The summed E-state index contributed by atoms with van der Waals surface area (Å²) in [5, 5.41) is 5.71. The number of rotatable bonds is 4. The van der Waals surface area contributed by atoms with Gasteiger partial charge in [0.15, 0.2) is 6.61 Å². The first-order valence-corrected chi connectivity index (χ1v) is 6.67. The van der Waals surface area contributed by atoms with Crippen LogP contribution in [0.25, 0.3) is 0 Å². The molecular formula is C14H18ClF3N2O2. The largest absolute Gasteiger partial charge is 0.482 e. The Morgan fingerprint density at radius 3 is 2.77 bits per heavy atom. The van der Waals surface area contributed by atoms with Gasteiger partial charge in [-0.05, 0) is 37.6 Å². The highest BCUT2D eigenvalue weighted by molar-refractivity contribution is 5.94. The summed E-state index contributed by atoms with van der Waals surface area (Å²) in [6, 6.07) is 4.75. The molecule has 2 rings (SSSR count). The Balaban J connectivity index is 0.00000242. The molecule has 0 saturated carbocycles. The van der Waals surface area contributed by atoms with Crippen molar-refractivity contribution < 1.29 is 22.7 Å². The van der Waals surface area contributed by atoms with Gasteiger partial charge in [-0.25, -0.2) is 0 Å². The smallest absolute Gasteiger partial charge is 0.422 e. The van der Waals surface area contributed by atoms with Crippen LogP contribution in [-0.2, 0) is 4.79 Å². The summed E-state index contributed by atoms with van der Waals surface area (Å²) < 4.78 is 41.6. The predicted molar refractivity (Wildman–Crippen MR) is 79.6 cm³/mol. The Morgan fingerprint density at radius 1 is 1.45 bits per heavy atom. The standard InChI is InChI=1S/C14H17F3N2O2.ClH/c1-9-2-3-11(12(6-9)21-8-14(15,16)17)19-13(20)10-4-5-18-7-10;/h2-3,6,10,18H,4-5,7-8H2,1H3,(H,19,20);1H. The van der Waals surface area contributed by atoms with E-state index in [0.29, 0.717) is 6.54 Å². The molecule has 1 heterocycles. The Kier molecular flexibility index (Phi) is 6.49. The highest BCUT2D eigenvalue weighted by Crippen LogP contribution is 2.28. The minimum absolute atomic E-state index is 0. The summed E-state index contributed by atoms with van der Waals surface area (Å²) in [6.07, 6.45) is -3.70. The van der Waals surface area contributed by atoms with E-state index in [1.165, 1.54) is 6.07 Å². The average molecular weight is 339 g/mol. The van der Waals surface area contributed by atoms with Crippen LogP contribution >= 0.6 is 12.4 Å². The molecular weight excluding hydrogens is 321 g/mol. The van der Waals surface area contributed by atoms with Crippen molar-refractivity contribution in [1.29, 1.82) is 0 Å². The number of carbonyl (C=O) groups is 1. The number of carbonyl (C=O) groups excluding carboxylic acids is 1. The normalized spacial score (nSPS) is 17.7. The van der Waals surface area contributed by atoms with Crippen LogP contribution in [0.1, 0.15) is 12.0 Å². The van der Waals surface area contributed by atoms with Gasteiger partial charge in [-0.3, -0.25) is 4.79 Å². The molecule has 1 unspecified atom stereocenters. The summed E-state index contributed by atoms with van der Waals surface area (Å²) in [6.45, 7) is 1.71. The first kappa shape index (κ1) is 18.6. The minimum atomic E-state index is -4.42. The first-order chi connectivity index (χ1) is 9.85. The molecule has 1 amide bonds. The number of alkyl halides is 3. The number of nitrogens with one attached hydrogen (secondary N) is 2. The zero-order valence-electron chi connectivity index (χ0n) is 12.0. The molecule has 1 saturated heterocycles. The van der Waals surface area contributed by atoms with E-state index in [4.69, 9.17) is 4.74 Å². The maximum atomic E-state index is 12.3. The zero-order valence-corrected chi connectivity index (χ0v) is 12.8. The summed E-state index contributed by atoms with van der Waals surface area (Å²) in [4.78, 5) is 12.0. The van der Waals surface area contributed by atoms with Crippen LogP contribution in [0.15, 0.2) is 18.2 Å². The van der Waals surface area contributed by atoms with Gasteiger partial charge in [-0.1, -0.05) is 6.07 Å². The van der Waals surface area contributed by atoms with Gasteiger partial charge in [0, 0.05) is 6.54 Å². The van der Waals surface area contributed by atoms with Crippen molar-refractivity contribution >= 4 is 24.0 Å². The van der Waals surface area contributed by atoms with Crippen molar-refractivity contribution in [3.05, 3.63) is 23.8 Å². The monoisotopic (exact) mass is 338 g/mol. The van der Waals surface area contributed by atoms with E-state index in [-0.39, 0.29) is 35.7 Å². The van der Waals surface area contributed by atoms with Gasteiger partial charge in [-0.15, -0.1) is 12.4 Å². The highest BCUT2D eigenvalue weighted by atomic mass is 35.5. The molecule has 4 nitrogen and oxygen atoms in total. The molecule has 0 spiro atoms. The highest BCUT2D eigenvalue weighted by Gasteiger charge is 2.29. The lowest BCUT2D eigenvalue weighted by molar-refractivity contribution is -0.153. The van der Waals surface area contributed by atoms with Gasteiger partial charge in [0.1, 0.15) is 5.75 Å². The van der Waals surface area contributed by atoms with E-state index in [0.717, 1.165) is 18.5 Å². The molecule has 22 heavy (non-hydrogen) atoms. The summed E-state index contributed by atoms with van der Waals surface area (Å²) in [5.74, 6) is -0.339. The van der Waals surface area contributed by atoms with Crippen LogP contribution in [0.3, 0.4) is 0 Å². The van der Waals surface area contributed by atoms with Crippen LogP contribution in [-0.4, -0.2) is 31.8 Å². The van der Waals surface area contributed by atoms with Crippen molar-refractivity contribution in [2.45, 2.75) is 19.5 Å². The Labute approximate surface area is 132 Å². The number of hydrogen-bond donors (Lipinski definition) is 2. The molecule has 1 aromatic carbocycles. The average Bonchev–Trinajstić information content (AvgIpc) is 2.92. The van der Waals surface area contributed by atoms with E-state index >= 15 is 0 Å². The molecule has 2 N–H and O–H groups in total. The fourth-order valence-corrected chi connectivity index (χ4v) is 2.13. The van der Waals surface area contributed by atoms with Crippen LogP contribution in [0.2, 0.25) is 0 Å². The number of aryl methyl sites for hydroxylation is 1. The fraction of sp³-hybridized carbons (Fsp3) is 0.500. The first-order valence-electron chi connectivity index (χ1n) is 6.67. The van der Waals surface area contributed by atoms with Crippen LogP contribution in [0, 0.1) is 12.8 Å². The van der Waals surface area contributed by atoms with Crippen molar-refractivity contribution in [3.8, 4) is 5.75 Å². The predicted octanol–water partition coefficient (Wildman–Crippen LogP) is 2.91. The lowest BCUT2D eigenvalue weighted by Gasteiger charge is -2.16. The van der Waals surface area contributed by atoms with E-state index in [9.17, 15) is 18.0 Å². The van der Waals surface area contributed by atoms with Gasteiger partial charge >= 0.3 is 6.18 Å². The van der Waals surface area contributed by atoms with E-state index in [1.54, 1.807) is 19.1 Å². The van der Waals surface area contributed by atoms with E-state index in [1.807, 2.05) is 0 Å². The fourth-order valence-electron chi connectivity index (χ4n) is 2.13. The summed E-state index contributed by atoms with van der Waals surface area (Å²) in [7, 11) is 0. The zero-order chi connectivity index (χ0) is 15.5. The second-order valence-electron chi connectivity index (χ2n) is 5.08. The minimum Gasteiger partial charge on any atom is -0.482 e. The van der Waals surface area contributed by atoms with Crippen molar-refractivity contribution in [2.24, 2.45) is 5.92 Å². The van der Waals surface area contributed by atoms with Gasteiger partial charge in [0.05, 0.1) is 11.6 Å². The van der Waals surface area contributed by atoms with Crippen molar-refractivity contribution in [1.82, 2.24) is 5.32 Å². The van der Waals surface area contributed by atoms with Gasteiger partial charge < -0.3 is 15.4 Å². The number of amides is 1. The Morgan fingerprint density at radius 2 is 2.18 bits per heavy atom. The summed E-state index contributed by atoms with van der Waals surface area (Å²) >= 11 is 0. The molecule has 124 valence electrons. The molecule has 8 heteroatoms. The molecule has 1 atom stereocenters. The topological polar surface area (TPSA) is 50.4 Å². The maximum absolute atomic E-state index is 12.3. The number of anilines is 1. The third kappa shape index (κ3) is 5.38. The second-order valence-corrected chi connectivity index (χ2v) is 5.08. The molecule has 0 radical (unpaired) electrons. The molecule has 0 bridgehead atoms. The van der Waals surface area contributed by atoms with E-state index < -0.39 is 12.8 Å². The molecule has 1 aromatic rings. The number of halogens is 4. The lowest BCUT2D eigenvalue weighted by Crippen LogP contribution is -2.25. The quantitative estimate of drug-likeness (QED) is 0.887. The van der Waals surface area contributed by atoms with Crippen LogP contribution in [0.4, 0.5) is 18.9 Å². The van der Waals surface area contributed by atoms with Crippen molar-refractivity contribution in [3.63, 3.8) is 0 Å². The molecule has 1 aliphatic rings. The van der Waals surface area contributed by atoms with E-state index in [2.05, 4.69) is 10.6 Å². The molecule has 1 fully saturated rings. The maximum Gasteiger partial charge on any atom is 0.422 e.